The Kier molecular flexibility index (Phi) is 5.58. The van der Waals surface area contributed by atoms with E-state index in [1.54, 1.807) is 48.8 Å². The normalized spacial score (nSPS) is 11.3. The maximum absolute atomic E-state index is 13.7. The number of nitrogens with zero attached hydrogens (tertiary/aromatic N) is 3. The number of halogens is 4. The average molecular weight is 459 g/mol. The Morgan fingerprint density at radius 2 is 1.78 bits per heavy atom. The van der Waals surface area contributed by atoms with Crippen LogP contribution in [0.2, 0.25) is 0 Å². The zero-order chi connectivity index (χ0) is 21.4. The van der Waals surface area contributed by atoms with Crippen molar-refractivity contribution < 1.29 is 22.4 Å². The van der Waals surface area contributed by atoms with Gasteiger partial charge in [-0.2, -0.15) is 18.2 Å². The van der Waals surface area contributed by atoms with E-state index < -0.39 is 11.7 Å². The van der Waals surface area contributed by atoms with Crippen molar-refractivity contribution in [1.29, 1.82) is 0 Å². The zero-order valence-electron chi connectivity index (χ0n) is 16.1. The fraction of sp³-hybridized carbons (Fsp3) is 0.0455. The highest BCUT2D eigenvalue weighted by atomic mass is 35.5. The predicted molar refractivity (Wildman–Crippen MR) is 114 cm³/mol. The number of para-hydroxylation sites is 1. The van der Waals surface area contributed by atoms with E-state index >= 15 is 0 Å². The monoisotopic (exact) mass is 458 g/mol. The van der Waals surface area contributed by atoms with Gasteiger partial charge in [0.1, 0.15) is 17.1 Å². The van der Waals surface area contributed by atoms with Crippen LogP contribution in [0, 0.1) is 0 Å². The molecule has 0 saturated carbocycles. The molecule has 162 valence electrons. The van der Waals surface area contributed by atoms with Gasteiger partial charge in [0, 0.05) is 28.9 Å². The highest BCUT2D eigenvalue weighted by molar-refractivity contribution is 5.90. The topological polar surface area (TPSA) is 76.8 Å². The van der Waals surface area contributed by atoms with Crippen LogP contribution < -0.4 is 4.74 Å². The molecule has 6 nitrogen and oxygen atoms in total. The third-order valence-electron chi connectivity index (χ3n) is 4.63. The number of rotatable bonds is 4. The van der Waals surface area contributed by atoms with Crippen LogP contribution in [0.25, 0.3) is 33.9 Å². The van der Waals surface area contributed by atoms with Crippen LogP contribution in [0.4, 0.5) is 13.2 Å². The first kappa shape index (κ1) is 21.4. The molecule has 0 fully saturated rings. The third kappa shape index (κ3) is 4.02. The molecule has 32 heavy (non-hydrogen) atoms. The molecule has 0 radical (unpaired) electrons. The minimum absolute atomic E-state index is 0. The molecule has 1 N–H and O–H groups in total. The summed E-state index contributed by atoms with van der Waals surface area (Å²) in [5, 5.41) is 4.71. The molecule has 3 heterocycles. The summed E-state index contributed by atoms with van der Waals surface area (Å²) in [6, 6.07) is 15.4. The number of fused-ring (bicyclic) bond motifs is 1. The predicted octanol–water partition coefficient (Wildman–Crippen LogP) is 6.51. The van der Waals surface area contributed by atoms with E-state index in [1.807, 2.05) is 6.07 Å². The lowest BCUT2D eigenvalue weighted by Gasteiger charge is -2.14. The number of aromatic amines is 1. The van der Waals surface area contributed by atoms with Crippen molar-refractivity contribution in [2.45, 2.75) is 6.18 Å². The van der Waals surface area contributed by atoms with Crippen molar-refractivity contribution in [1.82, 2.24) is 20.1 Å². The summed E-state index contributed by atoms with van der Waals surface area (Å²) in [5.74, 6) is 0.201. The van der Waals surface area contributed by atoms with Crippen LogP contribution in [-0.2, 0) is 6.18 Å². The van der Waals surface area contributed by atoms with Crippen molar-refractivity contribution in [3.8, 4) is 34.3 Å². The summed E-state index contributed by atoms with van der Waals surface area (Å²) >= 11 is 0. The van der Waals surface area contributed by atoms with Crippen LogP contribution in [-0.4, -0.2) is 20.1 Å². The molecular weight excluding hydrogens is 445 g/mol. The van der Waals surface area contributed by atoms with Crippen LogP contribution in [0.5, 0.6) is 11.5 Å². The minimum Gasteiger partial charge on any atom is -0.457 e. The molecule has 0 bridgehead atoms. The van der Waals surface area contributed by atoms with E-state index in [1.165, 1.54) is 12.1 Å². The second-order valence-corrected chi connectivity index (χ2v) is 6.65. The molecule has 0 aliphatic carbocycles. The largest absolute Gasteiger partial charge is 0.457 e. The second-order valence-electron chi connectivity index (χ2n) is 6.65. The van der Waals surface area contributed by atoms with E-state index in [0.29, 0.717) is 17.0 Å². The standard InChI is InChI=1S/C22H13F3N4O2.ClH/c23-22(24,25)17-12-13(6-7-18(17)30-14-4-2-1-3-5-14)21-28-20(29-31-21)16-9-11-27-19-15(16)8-10-26-19;/h1-12H,(H,26,27);1H. The molecule has 0 aliphatic heterocycles. The quantitative estimate of drug-likeness (QED) is 0.332. The van der Waals surface area contributed by atoms with Crippen molar-refractivity contribution in [3.63, 3.8) is 0 Å². The Morgan fingerprint density at radius 3 is 2.56 bits per heavy atom. The molecule has 3 aromatic heterocycles. The van der Waals surface area contributed by atoms with Crippen molar-refractivity contribution >= 4 is 23.4 Å². The Bertz CT molecular complexity index is 1370. The smallest absolute Gasteiger partial charge is 0.420 e. The van der Waals surface area contributed by atoms with Crippen molar-refractivity contribution in [2.24, 2.45) is 0 Å². The maximum Gasteiger partial charge on any atom is 0.420 e. The van der Waals surface area contributed by atoms with Gasteiger partial charge in [0.25, 0.3) is 5.89 Å². The van der Waals surface area contributed by atoms with Gasteiger partial charge in [-0.15, -0.1) is 12.4 Å². The van der Waals surface area contributed by atoms with Gasteiger partial charge in [-0.05, 0) is 42.5 Å². The van der Waals surface area contributed by atoms with Gasteiger partial charge in [0.05, 0.1) is 5.56 Å². The number of nitrogens with one attached hydrogen (secondary N) is 1. The van der Waals surface area contributed by atoms with E-state index in [0.717, 1.165) is 11.5 Å². The summed E-state index contributed by atoms with van der Waals surface area (Å²) in [6.45, 7) is 0. The Hall–Kier alpha value is -3.85. The molecule has 0 amide bonds. The number of aromatic nitrogens is 4. The first-order valence-electron chi connectivity index (χ1n) is 9.20. The number of alkyl halides is 3. The number of benzene rings is 2. The number of hydrogen-bond acceptors (Lipinski definition) is 5. The van der Waals surface area contributed by atoms with Crippen molar-refractivity contribution in [2.75, 3.05) is 0 Å². The fourth-order valence-corrected chi connectivity index (χ4v) is 3.20. The summed E-state index contributed by atoms with van der Waals surface area (Å²) < 4.78 is 51.8. The van der Waals surface area contributed by atoms with E-state index in [2.05, 4.69) is 20.1 Å². The summed E-state index contributed by atoms with van der Waals surface area (Å²) in [5.41, 5.74) is 0.489. The number of pyridine rings is 1. The third-order valence-corrected chi connectivity index (χ3v) is 4.63. The van der Waals surface area contributed by atoms with Crippen LogP contribution in [0.3, 0.4) is 0 Å². The number of H-pyrrole nitrogens is 1. The molecule has 2 aromatic carbocycles. The minimum atomic E-state index is -4.63. The zero-order valence-corrected chi connectivity index (χ0v) is 16.9. The lowest BCUT2D eigenvalue weighted by molar-refractivity contribution is -0.138. The van der Waals surface area contributed by atoms with E-state index in [-0.39, 0.29) is 35.4 Å². The van der Waals surface area contributed by atoms with Gasteiger partial charge in [-0.3, -0.25) is 0 Å². The average Bonchev–Trinajstić information content (AvgIpc) is 3.44. The van der Waals surface area contributed by atoms with E-state index in [9.17, 15) is 13.2 Å². The highest BCUT2D eigenvalue weighted by Crippen LogP contribution is 2.40. The summed E-state index contributed by atoms with van der Waals surface area (Å²) in [4.78, 5) is 11.5. The van der Waals surface area contributed by atoms with Crippen LogP contribution in [0.15, 0.2) is 77.6 Å². The Morgan fingerprint density at radius 1 is 0.969 bits per heavy atom. The lowest BCUT2D eigenvalue weighted by Crippen LogP contribution is -2.07. The number of ether oxygens (including phenoxy) is 1. The van der Waals surface area contributed by atoms with Gasteiger partial charge in [-0.25, -0.2) is 4.98 Å². The first-order valence-corrected chi connectivity index (χ1v) is 9.20. The molecule has 5 aromatic rings. The molecule has 0 aliphatic rings. The van der Waals surface area contributed by atoms with E-state index in [4.69, 9.17) is 9.26 Å². The molecule has 10 heteroatoms. The fourth-order valence-electron chi connectivity index (χ4n) is 3.20. The SMILES string of the molecule is Cl.FC(F)(F)c1cc(-c2nc(-c3ccnc4[nH]ccc34)no2)ccc1Oc1ccccc1. The second kappa shape index (κ2) is 8.35. The Labute approximate surface area is 185 Å². The lowest BCUT2D eigenvalue weighted by atomic mass is 10.1. The molecule has 0 unspecified atom stereocenters. The molecule has 0 atom stereocenters. The van der Waals surface area contributed by atoms with Gasteiger partial charge in [-0.1, -0.05) is 23.4 Å². The molecule has 5 rings (SSSR count). The van der Waals surface area contributed by atoms with Gasteiger partial charge >= 0.3 is 6.18 Å². The molecular formula is C22H14ClF3N4O2. The van der Waals surface area contributed by atoms with Gasteiger partial charge in [0.2, 0.25) is 5.82 Å². The van der Waals surface area contributed by atoms with Crippen LogP contribution >= 0.6 is 12.4 Å². The molecule has 0 spiro atoms. The Balaban J connectivity index is 0.00000245. The summed E-state index contributed by atoms with van der Waals surface area (Å²) in [6.07, 6.45) is -1.32. The van der Waals surface area contributed by atoms with Crippen molar-refractivity contribution in [3.05, 3.63) is 78.6 Å². The summed E-state index contributed by atoms with van der Waals surface area (Å²) in [7, 11) is 0. The molecule has 0 saturated heterocycles. The first-order chi connectivity index (χ1) is 15.0. The van der Waals surface area contributed by atoms with Gasteiger partial charge in [0.15, 0.2) is 0 Å². The maximum atomic E-state index is 13.7. The highest BCUT2D eigenvalue weighted by Gasteiger charge is 2.35. The van der Waals surface area contributed by atoms with Gasteiger partial charge < -0.3 is 14.2 Å². The number of hydrogen-bond donors (Lipinski definition) is 1. The van der Waals surface area contributed by atoms with Crippen LogP contribution in [0.1, 0.15) is 5.56 Å².